The maximum absolute atomic E-state index is 5.76. The fraction of sp³-hybridized carbons (Fsp3) is 0.375. The standard InChI is InChI=1S/C24H27INO4.HI/c1-27-20-8-7-16-17(6-5-10-25)23-18-13-22(29-3)21(28-2)12-15(18)9-11-26(23)14-19(16)24(20)30-4;/h7-8,12-14H,5-6,9-11H2,1-4H3;1H/q+1;/p-1. The molecule has 0 spiro atoms. The highest BCUT2D eigenvalue weighted by atomic mass is 127. The molecule has 0 radical (unpaired) electrons. The predicted molar refractivity (Wildman–Crippen MR) is 127 cm³/mol. The van der Waals surface area contributed by atoms with Gasteiger partial charge in [0.2, 0.25) is 5.69 Å². The van der Waals surface area contributed by atoms with Gasteiger partial charge >= 0.3 is 0 Å². The number of methoxy groups -OCH3 is 4. The average molecular weight is 647 g/mol. The van der Waals surface area contributed by atoms with Gasteiger partial charge in [-0.1, -0.05) is 22.6 Å². The van der Waals surface area contributed by atoms with Crippen molar-refractivity contribution in [2.45, 2.75) is 25.8 Å². The maximum Gasteiger partial charge on any atom is 0.216 e. The lowest BCUT2D eigenvalue weighted by Gasteiger charge is -2.22. The number of fused-ring (bicyclic) bond motifs is 4. The second-order valence-electron chi connectivity index (χ2n) is 7.32. The number of ether oxygens (including phenoxy) is 4. The van der Waals surface area contributed by atoms with Gasteiger partial charge in [0.15, 0.2) is 35.7 Å². The number of hydrogen-bond acceptors (Lipinski definition) is 4. The van der Waals surface area contributed by atoms with Crippen LogP contribution in [0.1, 0.15) is 17.5 Å². The van der Waals surface area contributed by atoms with E-state index in [9.17, 15) is 0 Å². The first-order chi connectivity index (χ1) is 14.7. The van der Waals surface area contributed by atoms with Crippen molar-refractivity contribution in [3.8, 4) is 34.3 Å². The van der Waals surface area contributed by atoms with Crippen molar-refractivity contribution in [1.29, 1.82) is 0 Å². The van der Waals surface area contributed by atoms with E-state index in [0.29, 0.717) is 0 Å². The molecule has 0 saturated carbocycles. The largest absolute Gasteiger partial charge is 1.00 e. The summed E-state index contributed by atoms with van der Waals surface area (Å²) in [6.45, 7) is 0.908. The van der Waals surface area contributed by atoms with Crippen LogP contribution in [0, 0.1) is 0 Å². The monoisotopic (exact) mass is 647 g/mol. The van der Waals surface area contributed by atoms with Gasteiger partial charge in [-0.2, -0.15) is 4.57 Å². The summed E-state index contributed by atoms with van der Waals surface area (Å²) < 4.78 is 26.0. The Morgan fingerprint density at radius 2 is 1.61 bits per heavy atom. The van der Waals surface area contributed by atoms with Crippen molar-refractivity contribution in [2.75, 3.05) is 32.9 Å². The van der Waals surface area contributed by atoms with Crippen LogP contribution in [0.3, 0.4) is 0 Å². The van der Waals surface area contributed by atoms with Gasteiger partial charge in [0, 0.05) is 17.4 Å². The van der Waals surface area contributed by atoms with Crippen molar-refractivity contribution in [3.05, 3.63) is 41.6 Å². The summed E-state index contributed by atoms with van der Waals surface area (Å²) in [6, 6.07) is 8.41. The van der Waals surface area contributed by atoms with Crippen molar-refractivity contribution < 1.29 is 47.5 Å². The topological polar surface area (TPSA) is 40.8 Å². The quantitative estimate of drug-likeness (QED) is 0.223. The van der Waals surface area contributed by atoms with E-state index in [1.807, 2.05) is 6.07 Å². The number of rotatable bonds is 7. The molecule has 0 atom stereocenters. The molecule has 0 amide bonds. The highest BCUT2D eigenvalue weighted by molar-refractivity contribution is 14.1. The summed E-state index contributed by atoms with van der Waals surface area (Å²) in [7, 11) is 6.77. The number of pyridine rings is 1. The summed E-state index contributed by atoms with van der Waals surface area (Å²) in [5, 5.41) is 2.30. The third-order valence-corrected chi connectivity index (χ3v) is 6.58. The molecule has 4 rings (SSSR count). The lowest BCUT2D eigenvalue weighted by atomic mass is 9.89. The average Bonchev–Trinajstić information content (AvgIpc) is 2.79. The smallest absolute Gasteiger partial charge is 0.216 e. The zero-order chi connectivity index (χ0) is 21.3. The fourth-order valence-electron chi connectivity index (χ4n) is 4.44. The Kier molecular flexibility index (Phi) is 8.12. The van der Waals surface area contributed by atoms with Crippen LogP contribution in [0.15, 0.2) is 30.5 Å². The van der Waals surface area contributed by atoms with Crippen LogP contribution in [-0.4, -0.2) is 32.9 Å². The third kappa shape index (κ3) is 4.27. The molecular formula is C24H27I2NO4. The van der Waals surface area contributed by atoms with Crippen LogP contribution < -0.4 is 47.5 Å². The van der Waals surface area contributed by atoms with E-state index in [-0.39, 0.29) is 24.0 Å². The van der Waals surface area contributed by atoms with E-state index < -0.39 is 0 Å². The van der Waals surface area contributed by atoms with Crippen LogP contribution in [0.25, 0.3) is 22.0 Å². The number of hydrogen-bond donors (Lipinski definition) is 0. The molecule has 1 aliphatic heterocycles. The van der Waals surface area contributed by atoms with E-state index in [1.54, 1.807) is 28.4 Å². The van der Waals surface area contributed by atoms with Crippen LogP contribution in [0.2, 0.25) is 0 Å². The summed E-state index contributed by atoms with van der Waals surface area (Å²) >= 11 is 2.45. The summed E-state index contributed by atoms with van der Waals surface area (Å²) in [5.74, 6) is 3.09. The zero-order valence-electron chi connectivity index (χ0n) is 18.3. The van der Waals surface area contributed by atoms with E-state index in [0.717, 1.165) is 58.6 Å². The molecule has 31 heavy (non-hydrogen) atoms. The third-order valence-electron chi connectivity index (χ3n) is 5.81. The Morgan fingerprint density at radius 1 is 0.903 bits per heavy atom. The molecule has 166 valence electrons. The number of alkyl halides is 1. The van der Waals surface area contributed by atoms with Crippen molar-refractivity contribution in [3.63, 3.8) is 0 Å². The first kappa shape index (κ1) is 24.2. The highest BCUT2D eigenvalue weighted by Gasteiger charge is 2.31. The molecule has 7 heteroatoms. The van der Waals surface area contributed by atoms with E-state index in [1.165, 1.54) is 27.8 Å². The van der Waals surface area contributed by atoms with Crippen molar-refractivity contribution >= 4 is 33.4 Å². The molecule has 0 fully saturated rings. The van der Waals surface area contributed by atoms with Gasteiger partial charge in [0.05, 0.1) is 39.4 Å². The molecule has 2 heterocycles. The van der Waals surface area contributed by atoms with E-state index in [2.05, 4.69) is 51.6 Å². The maximum atomic E-state index is 5.76. The van der Waals surface area contributed by atoms with Gasteiger partial charge in [-0.15, -0.1) is 0 Å². The molecule has 3 aromatic rings. The van der Waals surface area contributed by atoms with Crippen LogP contribution >= 0.6 is 22.6 Å². The van der Waals surface area contributed by atoms with E-state index >= 15 is 0 Å². The predicted octanol–water partition coefficient (Wildman–Crippen LogP) is 1.76. The number of benzene rings is 2. The Bertz CT molecular complexity index is 1100. The Balaban J connectivity index is 0.00000272. The molecule has 2 aromatic carbocycles. The lowest BCUT2D eigenvalue weighted by molar-refractivity contribution is -0.686. The number of nitrogens with zero attached hydrogens (tertiary/aromatic N) is 1. The minimum Gasteiger partial charge on any atom is -1.00 e. The van der Waals surface area contributed by atoms with Crippen LogP contribution in [0.4, 0.5) is 0 Å². The molecule has 0 aliphatic carbocycles. The number of aromatic nitrogens is 1. The van der Waals surface area contributed by atoms with Gasteiger partial charge < -0.3 is 42.9 Å². The molecule has 5 nitrogen and oxygen atoms in total. The Labute approximate surface area is 214 Å². The molecule has 0 saturated heterocycles. The second-order valence-corrected chi connectivity index (χ2v) is 8.40. The van der Waals surface area contributed by atoms with Gasteiger partial charge in [-0.05, 0) is 47.1 Å². The fourth-order valence-corrected chi connectivity index (χ4v) is 4.82. The lowest BCUT2D eigenvalue weighted by Crippen LogP contribution is -3.00. The highest BCUT2D eigenvalue weighted by Crippen LogP contribution is 2.42. The molecule has 0 bridgehead atoms. The van der Waals surface area contributed by atoms with Gasteiger partial charge in [-0.25, -0.2) is 0 Å². The van der Waals surface area contributed by atoms with Gasteiger partial charge in [-0.3, -0.25) is 0 Å². The summed E-state index contributed by atoms with van der Waals surface area (Å²) in [5.41, 5.74) is 5.13. The van der Waals surface area contributed by atoms with E-state index in [4.69, 9.17) is 18.9 Å². The van der Waals surface area contributed by atoms with Crippen molar-refractivity contribution in [2.24, 2.45) is 0 Å². The number of aryl methyl sites for hydroxylation is 3. The van der Waals surface area contributed by atoms with Crippen molar-refractivity contribution in [1.82, 2.24) is 0 Å². The summed E-state index contributed by atoms with van der Waals surface area (Å²) in [6.07, 6.45) is 5.26. The molecule has 1 aromatic heterocycles. The van der Waals surface area contributed by atoms with Gasteiger partial charge in [0.25, 0.3) is 0 Å². The molecule has 1 aliphatic rings. The molecule has 0 N–H and O–H groups in total. The SMILES string of the molecule is COc1cc2c(cc1OC)-c1c(CCCI)c3ccc(OC)c(OC)c3c[n+]1CC2.[I-]. The van der Waals surface area contributed by atoms with Crippen LogP contribution in [-0.2, 0) is 19.4 Å². The Hall–Kier alpha value is -1.49. The molecular weight excluding hydrogens is 620 g/mol. The summed E-state index contributed by atoms with van der Waals surface area (Å²) in [4.78, 5) is 0. The number of halogens is 2. The minimum absolute atomic E-state index is 0. The molecule has 0 unspecified atom stereocenters. The van der Waals surface area contributed by atoms with Crippen LogP contribution in [0.5, 0.6) is 23.0 Å². The minimum atomic E-state index is 0. The second kappa shape index (κ2) is 10.4. The zero-order valence-corrected chi connectivity index (χ0v) is 22.6. The first-order valence-corrected chi connectivity index (χ1v) is 11.6. The Morgan fingerprint density at radius 3 is 2.26 bits per heavy atom. The first-order valence-electron chi connectivity index (χ1n) is 10.1. The normalized spacial score (nSPS) is 11.9. The van der Waals surface area contributed by atoms with Gasteiger partial charge in [0.1, 0.15) is 0 Å².